The van der Waals surface area contributed by atoms with Crippen molar-refractivity contribution in [2.75, 3.05) is 24.5 Å². The summed E-state index contributed by atoms with van der Waals surface area (Å²) in [5, 5.41) is 4.21. The quantitative estimate of drug-likeness (QED) is 0.857. The fourth-order valence-electron chi connectivity index (χ4n) is 2.86. The smallest absolute Gasteiger partial charge is 0.147 e. The van der Waals surface area contributed by atoms with Gasteiger partial charge >= 0.3 is 0 Å². The molecule has 0 spiro atoms. The van der Waals surface area contributed by atoms with Crippen molar-refractivity contribution in [3.05, 3.63) is 22.8 Å². The lowest BCUT2D eigenvalue weighted by atomic mass is 9.94. The lowest BCUT2D eigenvalue weighted by Crippen LogP contribution is -2.34. The summed E-state index contributed by atoms with van der Waals surface area (Å²) in [7, 11) is 0. The van der Waals surface area contributed by atoms with Crippen molar-refractivity contribution in [2.45, 2.75) is 46.6 Å². The van der Waals surface area contributed by atoms with E-state index in [1.54, 1.807) is 0 Å². The maximum absolute atomic E-state index is 6.44. The van der Waals surface area contributed by atoms with Crippen molar-refractivity contribution in [3.63, 3.8) is 0 Å². The van der Waals surface area contributed by atoms with E-state index < -0.39 is 0 Å². The number of aromatic nitrogens is 1. The van der Waals surface area contributed by atoms with Gasteiger partial charge in [0.05, 0.1) is 5.02 Å². The molecule has 2 heterocycles. The molecule has 1 N–H and O–H groups in total. The first-order valence-electron chi connectivity index (χ1n) is 8.20. The SMILES string of the molecule is CCC1CCN(c2ncc(CNCC(C)C)cc2Cl)CC1. The van der Waals surface area contributed by atoms with Crippen LogP contribution in [0, 0.1) is 11.8 Å². The molecule has 0 amide bonds. The summed E-state index contributed by atoms with van der Waals surface area (Å²) in [6, 6.07) is 2.06. The Balaban J connectivity index is 1.93. The third kappa shape index (κ3) is 4.86. The van der Waals surface area contributed by atoms with E-state index in [-0.39, 0.29) is 0 Å². The number of rotatable bonds is 6. The summed E-state index contributed by atoms with van der Waals surface area (Å²) >= 11 is 6.44. The van der Waals surface area contributed by atoms with Crippen molar-refractivity contribution in [2.24, 2.45) is 11.8 Å². The summed E-state index contributed by atoms with van der Waals surface area (Å²) in [5.74, 6) is 2.49. The molecule has 1 aromatic heterocycles. The van der Waals surface area contributed by atoms with Crippen molar-refractivity contribution >= 4 is 17.4 Å². The zero-order chi connectivity index (χ0) is 15.2. The maximum Gasteiger partial charge on any atom is 0.147 e. The Hall–Kier alpha value is -0.800. The molecule has 0 aromatic carbocycles. The molecule has 4 heteroatoms. The van der Waals surface area contributed by atoms with E-state index in [1.165, 1.54) is 19.3 Å². The van der Waals surface area contributed by atoms with Crippen LogP contribution in [0.15, 0.2) is 12.3 Å². The lowest BCUT2D eigenvalue weighted by molar-refractivity contribution is 0.394. The van der Waals surface area contributed by atoms with Crippen LogP contribution in [0.2, 0.25) is 5.02 Å². The fourth-order valence-corrected chi connectivity index (χ4v) is 3.17. The standard InChI is InChI=1S/C17H28ClN3/c1-4-14-5-7-21(8-6-14)17-16(18)9-15(12-20-17)11-19-10-13(2)3/h9,12-14,19H,4-8,10-11H2,1-3H3. The van der Waals surface area contributed by atoms with Crippen LogP contribution in [-0.4, -0.2) is 24.6 Å². The van der Waals surface area contributed by atoms with Crippen molar-refractivity contribution in [3.8, 4) is 0 Å². The molecule has 0 atom stereocenters. The highest BCUT2D eigenvalue weighted by atomic mass is 35.5. The molecular weight excluding hydrogens is 282 g/mol. The summed E-state index contributed by atoms with van der Waals surface area (Å²) < 4.78 is 0. The highest BCUT2D eigenvalue weighted by Crippen LogP contribution is 2.29. The van der Waals surface area contributed by atoms with Gasteiger partial charge in [0.25, 0.3) is 0 Å². The molecule has 1 aromatic rings. The van der Waals surface area contributed by atoms with E-state index in [0.29, 0.717) is 5.92 Å². The summed E-state index contributed by atoms with van der Waals surface area (Å²) in [4.78, 5) is 6.94. The van der Waals surface area contributed by atoms with E-state index in [1.807, 2.05) is 6.20 Å². The minimum atomic E-state index is 0.660. The van der Waals surface area contributed by atoms with E-state index in [0.717, 1.165) is 48.5 Å². The molecule has 1 fully saturated rings. The van der Waals surface area contributed by atoms with E-state index in [4.69, 9.17) is 11.6 Å². The van der Waals surface area contributed by atoms with Crippen LogP contribution in [0.5, 0.6) is 0 Å². The zero-order valence-corrected chi connectivity index (χ0v) is 14.3. The van der Waals surface area contributed by atoms with Gasteiger partial charge in [-0.15, -0.1) is 0 Å². The fraction of sp³-hybridized carbons (Fsp3) is 0.706. The van der Waals surface area contributed by atoms with Gasteiger partial charge in [-0.1, -0.05) is 38.8 Å². The lowest BCUT2D eigenvalue weighted by Gasteiger charge is -2.32. The van der Waals surface area contributed by atoms with Gasteiger partial charge in [0, 0.05) is 25.8 Å². The van der Waals surface area contributed by atoms with Gasteiger partial charge in [-0.05, 0) is 42.9 Å². The van der Waals surface area contributed by atoms with Gasteiger partial charge in [-0.25, -0.2) is 4.98 Å². The van der Waals surface area contributed by atoms with Gasteiger partial charge < -0.3 is 10.2 Å². The molecule has 1 saturated heterocycles. The number of anilines is 1. The zero-order valence-electron chi connectivity index (χ0n) is 13.5. The number of pyridine rings is 1. The highest BCUT2D eigenvalue weighted by Gasteiger charge is 2.20. The number of piperidine rings is 1. The van der Waals surface area contributed by atoms with Crippen LogP contribution >= 0.6 is 11.6 Å². The first-order chi connectivity index (χ1) is 10.1. The first-order valence-corrected chi connectivity index (χ1v) is 8.58. The summed E-state index contributed by atoms with van der Waals surface area (Å²) in [5.41, 5.74) is 1.16. The molecule has 21 heavy (non-hydrogen) atoms. The number of hydrogen-bond donors (Lipinski definition) is 1. The number of nitrogens with zero attached hydrogens (tertiary/aromatic N) is 2. The number of nitrogens with one attached hydrogen (secondary N) is 1. The largest absolute Gasteiger partial charge is 0.355 e. The molecule has 1 aliphatic rings. The van der Waals surface area contributed by atoms with Crippen LogP contribution in [0.3, 0.4) is 0 Å². The first kappa shape index (κ1) is 16.6. The molecule has 3 nitrogen and oxygen atoms in total. The minimum absolute atomic E-state index is 0.660. The topological polar surface area (TPSA) is 28.2 Å². The van der Waals surface area contributed by atoms with Crippen LogP contribution in [0.1, 0.15) is 45.6 Å². The van der Waals surface area contributed by atoms with Crippen molar-refractivity contribution < 1.29 is 0 Å². The average Bonchev–Trinajstić information content (AvgIpc) is 2.47. The third-order valence-corrected chi connectivity index (χ3v) is 4.53. The molecule has 118 valence electrons. The summed E-state index contributed by atoms with van der Waals surface area (Å²) in [6.07, 6.45) is 5.76. The minimum Gasteiger partial charge on any atom is -0.355 e. The van der Waals surface area contributed by atoms with Crippen LogP contribution < -0.4 is 10.2 Å². The second-order valence-electron chi connectivity index (χ2n) is 6.51. The van der Waals surface area contributed by atoms with Crippen LogP contribution in [0.25, 0.3) is 0 Å². The number of halogens is 1. The molecule has 0 bridgehead atoms. The van der Waals surface area contributed by atoms with Crippen LogP contribution in [0.4, 0.5) is 5.82 Å². The normalized spacial score (nSPS) is 16.7. The molecule has 1 aliphatic heterocycles. The Morgan fingerprint density at radius 3 is 2.67 bits per heavy atom. The van der Waals surface area contributed by atoms with Gasteiger partial charge in [0.1, 0.15) is 5.82 Å². The Kier molecular flexibility index (Phi) is 6.31. The Labute approximate surface area is 134 Å². The van der Waals surface area contributed by atoms with Crippen molar-refractivity contribution in [1.29, 1.82) is 0 Å². The van der Waals surface area contributed by atoms with Gasteiger partial charge in [0.2, 0.25) is 0 Å². The predicted octanol–water partition coefficient (Wildman–Crippen LogP) is 4.11. The number of hydrogen-bond acceptors (Lipinski definition) is 3. The second-order valence-corrected chi connectivity index (χ2v) is 6.92. The Morgan fingerprint density at radius 1 is 1.38 bits per heavy atom. The van der Waals surface area contributed by atoms with E-state index in [9.17, 15) is 0 Å². The van der Waals surface area contributed by atoms with Gasteiger partial charge in [0.15, 0.2) is 0 Å². The Bertz CT molecular complexity index is 440. The summed E-state index contributed by atoms with van der Waals surface area (Å²) in [6.45, 7) is 10.7. The molecule has 0 saturated carbocycles. The average molecular weight is 310 g/mol. The maximum atomic E-state index is 6.44. The second kappa shape index (κ2) is 8.00. The van der Waals surface area contributed by atoms with E-state index in [2.05, 4.69) is 42.0 Å². The van der Waals surface area contributed by atoms with Gasteiger partial charge in [-0.2, -0.15) is 0 Å². The third-order valence-electron chi connectivity index (χ3n) is 4.25. The van der Waals surface area contributed by atoms with Crippen molar-refractivity contribution in [1.82, 2.24) is 10.3 Å². The molecule has 0 radical (unpaired) electrons. The van der Waals surface area contributed by atoms with Crippen LogP contribution in [-0.2, 0) is 6.54 Å². The molecule has 2 rings (SSSR count). The molecule has 0 aliphatic carbocycles. The van der Waals surface area contributed by atoms with Gasteiger partial charge in [-0.3, -0.25) is 0 Å². The monoisotopic (exact) mass is 309 g/mol. The Morgan fingerprint density at radius 2 is 2.10 bits per heavy atom. The highest BCUT2D eigenvalue weighted by molar-refractivity contribution is 6.33. The molecule has 0 unspecified atom stereocenters. The predicted molar refractivity (Wildman–Crippen MR) is 91.0 cm³/mol. The molecular formula is C17H28ClN3. The van der Waals surface area contributed by atoms with E-state index >= 15 is 0 Å².